The van der Waals surface area contributed by atoms with Gasteiger partial charge in [-0.15, -0.1) is 11.3 Å². The quantitative estimate of drug-likeness (QED) is 0.421. The van der Waals surface area contributed by atoms with Gasteiger partial charge < -0.3 is 15.0 Å². The molecule has 8 heteroatoms. The number of rotatable bonds is 7. The highest BCUT2D eigenvalue weighted by molar-refractivity contribution is 7.13. The van der Waals surface area contributed by atoms with Gasteiger partial charge in [0.1, 0.15) is 22.7 Å². The molecule has 35 heavy (non-hydrogen) atoms. The second-order valence-corrected chi connectivity index (χ2v) is 9.68. The number of hydrogen-bond acceptors (Lipinski definition) is 5. The Kier molecular flexibility index (Phi) is 6.13. The molecule has 0 fully saturated rings. The lowest BCUT2D eigenvalue weighted by molar-refractivity contribution is -0.133. The highest BCUT2D eigenvalue weighted by Crippen LogP contribution is 2.32. The van der Waals surface area contributed by atoms with Crippen molar-refractivity contribution in [3.8, 4) is 16.3 Å². The van der Waals surface area contributed by atoms with Gasteiger partial charge in [0.2, 0.25) is 5.91 Å². The maximum atomic E-state index is 13.8. The van der Waals surface area contributed by atoms with Gasteiger partial charge in [-0.3, -0.25) is 14.3 Å². The van der Waals surface area contributed by atoms with Gasteiger partial charge in [0.15, 0.2) is 0 Å². The summed E-state index contributed by atoms with van der Waals surface area (Å²) in [6.45, 7) is 2.74. The van der Waals surface area contributed by atoms with Crippen LogP contribution in [0.1, 0.15) is 28.5 Å². The van der Waals surface area contributed by atoms with Crippen molar-refractivity contribution in [3.05, 3.63) is 95.0 Å². The third-order valence-corrected chi connectivity index (χ3v) is 7.25. The highest BCUT2D eigenvalue weighted by atomic mass is 32.1. The zero-order valence-electron chi connectivity index (χ0n) is 19.6. The Morgan fingerprint density at radius 2 is 1.86 bits per heavy atom. The van der Waals surface area contributed by atoms with E-state index in [2.05, 4.69) is 10.4 Å². The van der Waals surface area contributed by atoms with Crippen LogP contribution in [0.25, 0.3) is 10.6 Å². The lowest BCUT2D eigenvalue weighted by Gasteiger charge is -2.43. The lowest BCUT2D eigenvalue weighted by atomic mass is 9.94. The van der Waals surface area contributed by atoms with E-state index in [-0.39, 0.29) is 24.9 Å². The minimum absolute atomic E-state index is 0.220. The van der Waals surface area contributed by atoms with E-state index in [4.69, 9.17) is 4.74 Å². The van der Waals surface area contributed by atoms with E-state index >= 15 is 0 Å². The fourth-order valence-corrected chi connectivity index (χ4v) is 5.00. The first-order valence-electron chi connectivity index (χ1n) is 11.4. The monoisotopic (exact) mass is 486 g/mol. The van der Waals surface area contributed by atoms with Gasteiger partial charge in [0.05, 0.1) is 18.5 Å². The van der Waals surface area contributed by atoms with Gasteiger partial charge in [-0.1, -0.05) is 48.5 Å². The van der Waals surface area contributed by atoms with Gasteiger partial charge >= 0.3 is 0 Å². The summed E-state index contributed by atoms with van der Waals surface area (Å²) in [4.78, 5) is 30.0. The average Bonchev–Trinajstić information content (AvgIpc) is 3.56. The molecule has 7 nitrogen and oxygen atoms in total. The molecule has 1 N–H and O–H groups in total. The average molecular weight is 487 g/mol. The molecule has 2 aromatic carbocycles. The number of methoxy groups -OCH3 is 1. The summed E-state index contributed by atoms with van der Waals surface area (Å²) >= 11 is 1.57. The Labute approximate surface area is 208 Å². The number of ether oxygens (including phenoxy) is 1. The summed E-state index contributed by atoms with van der Waals surface area (Å²) < 4.78 is 6.93. The fraction of sp³-hybridized carbons (Fsp3) is 0.222. The van der Waals surface area contributed by atoms with Gasteiger partial charge in [0, 0.05) is 13.1 Å². The molecule has 1 aliphatic rings. The molecule has 0 saturated carbocycles. The molecule has 0 unspecified atom stereocenters. The summed E-state index contributed by atoms with van der Waals surface area (Å²) in [5.74, 6) is 0.294. The number of amides is 2. The minimum atomic E-state index is -1.13. The van der Waals surface area contributed by atoms with Crippen LogP contribution in [0.4, 0.5) is 0 Å². The lowest BCUT2D eigenvalue weighted by Crippen LogP contribution is -2.63. The SMILES string of the molecule is COc1ccc(CN2C(=O)c3cc(-c4cccs4)nn3C[C@@]2(C)C(=O)NCc2ccccc2)cc1. The first-order chi connectivity index (χ1) is 17.0. The van der Waals surface area contributed by atoms with Crippen LogP contribution in [0.5, 0.6) is 5.75 Å². The van der Waals surface area contributed by atoms with Crippen molar-refractivity contribution in [2.45, 2.75) is 32.1 Å². The zero-order valence-corrected chi connectivity index (χ0v) is 20.4. The third kappa shape index (κ3) is 4.44. The molecule has 0 bridgehead atoms. The van der Waals surface area contributed by atoms with Crippen molar-refractivity contribution < 1.29 is 14.3 Å². The Morgan fingerprint density at radius 3 is 2.54 bits per heavy atom. The largest absolute Gasteiger partial charge is 0.497 e. The Balaban J connectivity index is 1.48. The number of thiophene rings is 1. The number of aromatic nitrogens is 2. The topological polar surface area (TPSA) is 76.5 Å². The molecule has 2 aromatic heterocycles. The molecule has 4 aromatic rings. The standard InChI is InChI=1S/C27H26N4O3S/c1-27(26(33)28-16-19-7-4-3-5-8-19)18-31-23(15-22(29-31)24-9-6-14-35-24)25(32)30(27)17-20-10-12-21(34-2)13-11-20/h3-15H,16-18H2,1-2H3,(H,28,33)/t27-/m0/s1. The molecule has 3 heterocycles. The molecule has 1 aliphatic heterocycles. The summed E-state index contributed by atoms with van der Waals surface area (Å²) in [7, 11) is 1.61. The maximum absolute atomic E-state index is 13.8. The van der Waals surface area contributed by atoms with Crippen molar-refractivity contribution in [1.82, 2.24) is 20.0 Å². The van der Waals surface area contributed by atoms with Crippen LogP contribution in [-0.4, -0.2) is 39.1 Å². The summed E-state index contributed by atoms with van der Waals surface area (Å²) in [5.41, 5.74) is 2.00. The molecule has 0 aliphatic carbocycles. The first kappa shape index (κ1) is 22.9. The Bertz CT molecular complexity index is 1330. The van der Waals surface area contributed by atoms with Gasteiger partial charge in [-0.2, -0.15) is 5.10 Å². The van der Waals surface area contributed by atoms with Crippen molar-refractivity contribution in [2.24, 2.45) is 0 Å². The van der Waals surface area contributed by atoms with E-state index in [1.807, 2.05) is 85.1 Å². The van der Waals surface area contributed by atoms with Crippen LogP contribution in [-0.2, 0) is 24.4 Å². The number of fused-ring (bicyclic) bond motifs is 1. The van der Waals surface area contributed by atoms with Crippen LogP contribution in [0, 0.1) is 0 Å². The number of carbonyl (C=O) groups is 2. The molecule has 178 valence electrons. The number of nitrogens with zero attached hydrogens (tertiary/aromatic N) is 3. The zero-order chi connectivity index (χ0) is 24.4. The van der Waals surface area contributed by atoms with Gasteiger partial charge in [0.25, 0.3) is 5.91 Å². The molecule has 0 radical (unpaired) electrons. The van der Waals surface area contributed by atoms with Crippen LogP contribution in [0.3, 0.4) is 0 Å². The van der Waals surface area contributed by atoms with Crippen molar-refractivity contribution >= 4 is 23.2 Å². The van der Waals surface area contributed by atoms with Crippen molar-refractivity contribution in [3.63, 3.8) is 0 Å². The maximum Gasteiger partial charge on any atom is 0.273 e. The second kappa shape index (κ2) is 9.38. The van der Waals surface area contributed by atoms with Crippen LogP contribution in [0.15, 0.2) is 78.2 Å². The van der Waals surface area contributed by atoms with Crippen LogP contribution in [0.2, 0.25) is 0 Å². The molecule has 5 rings (SSSR count). The second-order valence-electron chi connectivity index (χ2n) is 8.73. The molecule has 0 saturated heterocycles. The molecular weight excluding hydrogens is 460 g/mol. The molecule has 1 atom stereocenters. The van der Waals surface area contributed by atoms with E-state index in [0.717, 1.165) is 27.4 Å². The van der Waals surface area contributed by atoms with E-state index in [9.17, 15) is 9.59 Å². The summed E-state index contributed by atoms with van der Waals surface area (Å²) in [5, 5.41) is 9.70. The van der Waals surface area contributed by atoms with Crippen LogP contribution >= 0.6 is 11.3 Å². The minimum Gasteiger partial charge on any atom is -0.497 e. The predicted octanol–water partition coefficient (Wildman–Crippen LogP) is 4.35. The van der Waals surface area contributed by atoms with Gasteiger partial charge in [-0.25, -0.2) is 0 Å². The molecular formula is C27H26N4O3S. The van der Waals surface area contributed by atoms with Crippen molar-refractivity contribution in [1.29, 1.82) is 0 Å². The van der Waals surface area contributed by atoms with Crippen LogP contribution < -0.4 is 10.1 Å². The number of benzene rings is 2. The molecule has 2 amide bonds. The van der Waals surface area contributed by atoms with Gasteiger partial charge in [-0.05, 0) is 47.7 Å². The number of hydrogen-bond donors (Lipinski definition) is 1. The van der Waals surface area contributed by atoms with E-state index in [0.29, 0.717) is 12.2 Å². The first-order valence-corrected chi connectivity index (χ1v) is 12.2. The predicted molar refractivity (Wildman–Crippen MR) is 135 cm³/mol. The van der Waals surface area contributed by atoms with Crippen molar-refractivity contribution in [2.75, 3.05) is 7.11 Å². The Hall–Kier alpha value is -3.91. The summed E-state index contributed by atoms with van der Waals surface area (Å²) in [6.07, 6.45) is 0. The fourth-order valence-electron chi connectivity index (χ4n) is 4.32. The Morgan fingerprint density at radius 1 is 1.09 bits per heavy atom. The van der Waals surface area contributed by atoms with E-state index < -0.39 is 5.54 Å². The summed E-state index contributed by atoms with van der Waals surface area (Å²) in [6, 6.07) is 23.0. The van der Waals surface area contributed by atoms with E-state index in [1.54, 1.807) is 28.0 Å². The normalized spacial score (nSPS) is 17.2. The smallest absolute Gasteiger partial charge is 0.273 e. The van der Waals surface area contributed by atoms with E-state index in [1.165, 1.54) is 0 Å². The number of carbonyl (C=O) groups excluding carboxylic acids is 2. The molecule has 0 spiro atoms. The highest BCUT2D eigenvalue weighted by Gasteiger charge is 2.48. The number of nitrogens with one attached hydrogen (secondary N) is 1. The third-order valence-electron chi connectivity index (χ3n) is 6.36.